The summed E-state index contributed by atoms with van der Waals surface area (Å²) in [6, 6.07) is 3.42. The predicted octanol–water partition coefficient (Wildman–Crippen LogP) is 0.0849. The van der Waals surface area contributed by atoms with Crippen molar-refractivity contribution < 1.29 is 19.7 Å². The number of nitrogens with zero attached hydrogens (tertiary/aromatic N) is 3. The maximum atomic E-state index is 12.8. The summed E-state index contributed by atoms with van der Waals surface area (Å²) in [5.74, 6) is 0.436. The molecule has 134 valence electrons. The van der Waals surface area contributed by atoms with Gasteiger partial charge in [0.2, 0.25) is 5.88 Å². The lowest BCUT2D eigenvalue weighted by atomic mass is 9.96. The van der Waals surface area contributed by atoms with Crippen molar-refractivity contribution in [3.8, 4) is 5.88 Å². The molecular formula is C17H27N3O4. The Balaban J connectivity index is 2.08. The van der Waals surface area contributed by atoms with Crippen LogP contribution in [0.25, 0.3) is 0 Å². The molecule has 7 nitrogen and oxygen atoms in total. The maximum Gasteiger partial charge on any atom is 0.259 e. The molecule has 2 atom stereocenters. The highest BCUT2D eigenvalue weighted by Gasteiger charge is 2.36. The fourth-order valence-electron chi connectivity index (χ4n) is 3.26. The topological polar surface area (TPSA) is 86.1 Å². The number of hydrogen-bond acceptors (Lipinski definition) is 6. The molecule has 1 amide bonds. The zero-order valence-corrected chi connectivity index (χ0v) is 14.4. The average Bonchev–Trinajstić information content (AvgIpc) is 3.03. The molecule has 2 N–H and O–H groups in total. The first-order valence-electron chi connectivity index (χ1n) is 8.36. The van der Waals surface area contributed by atoms with Crippen molar-refractivity contribution in [3.63, 3.8) is 0 Å². The maximum absolute atomic E-state index is 12.8. The number of carbonyl (C=O) groups excluding carboxylic acids is 1. The van der Waals surface area contributed by atoms with Gasteiger partial charge in [-0.3, -0.25) is 4.79 Å². The van der Waals surface area contributed by atoms with Crippen molar-refractivity contribution in [3.05, 3.63) is 23.9 Å². The SMILES string of the molecule is CCN(CCO)C[C@@H]1CN(C(=O)c2cccnc2OC)C[C@@H]1CO. The fraction of sp³-hybridized carbons (Fsp3) is 0.647. The molecule has 0 aromatic carbocycles. The van der Waals surface area contributed by atoms with Gasteiger partial charge in [-0.15, -0.1) is 0 Å². The highest BCUT2D eigenvalue weighted by molar-refractivity contribution is 5.96. The Morgan fingerprint density at radius 2 is 2.17 bits per heavy atom. The van der Waals surface area contributed by atoms with E-state index in [4.69, 9.17) is 9.84 Å². The van der Waals surface area contributed by atoms with Crippen LogP contribution in [0.4, 0.5) is 0 Å². The molecule has 0 spiro atoms. The standard InChI is InChI=1S/C17H27N3O4/c1-3-19(7-8-21)9-13-10-20(11-14(13)12-22)17(23)15-5-4-6-18-16(15)24-2/h4-6,13-14,21-22H,3,7-12H2,1-2H3/t13-,14-/m1/s1. The second kappa shape index (κ2) is 8.96. The van der Waals surface area contributed by atoms with Crippen molar-refractivity contribution in [2.24, 2.45) is 11.8 Å². The van der Waals surface area contributed by atoms with Crippen LogP contribution in [0.5, 0.6) is 5.88 Å². The first-order valence-corrected chi connectivity index (χ1v) is 8.36. The number of likely N-dealkylation sites (N-methyl/N-ethyl adjacent to an activating group) is 1. The molecule has 1 aliphatic rings. The number of aliphatic hydroxyl groups excluding tert-OH is 2. The van der Waals surface area contributed by atoms with Gasteiger partial charge in [0.05, 0.1) is 13.7 Å². The second-order valence-corrected chi connectivity index (χ2v) is 6.09. The van der Waals surface area contributed by atoms with Crippen LogP contribution in [0, 0.1) is 11.8 Å². The van der Waals surface area contributed by atoms with E-state index in [9.17, 15) is 9.90 Å². The molecule has 0 radical (unpaired) electrons. The van der Waals surface area contributed by atoms with Gasteiger partial charge in [0.25, 0.3) is 5.91 Å². The number of carbonyl (C=O) groups is 1. The highest BCUT2D eigenvalue weighted by atomic mass is 16.5. The van der Waals surface area contributed by atoms with E-state index in [1.807, 2.05) is 6.92 Å². The van der Waals surface area contributed by atoms with Gasteiger partial charge < -0.3 is 24.7 Å². The Morgan fingerprint density at radius 1 is 1.42 bits per heavy atom. The minimum absolute atomic E-state index is 0.0457. The van der Waals surface area contributed by atoms with Crippen LogP contribution < -0.4 is 4.74 Å². The van der Waals surface area contributed by atoms with E-state index in [1.54, 1.807) is 23.2 Å². The van der Waals surface area contributed by atoms with Crippen LogP contribution in [0.2, 0.25) is 0 Å². The second-order valence-electron chi connectivity index (χ2n) is 6.09. The molecule has 0 unspecified atom stereocenters. The molecule has 2 heterocycles. The van der Waals surface area contributed by atoms with E-state index in [0.717, 1.165) is 13.1 Å². The van der Waals surface area contributed by atoms with E-state index in [-0.39, 0.29) is 31.0 Å². The Kier molecular flexibility index (Phi) is 6.96. The van der Waals surface area contributed by atoms with Crippen molar-refractivity contribution in [2.75, 3.05) is 53.0 Å². The summed E-state index contributed by atoms with van der Waals surface area (Å²) in [6.45, 7) is 5.52. The molecule has 24 heavy (non-hydrogen) atoms. The molecule has 1 aromatic rings. The van der Waals surface area contributed by atoms with Gasteiger partial charge >= 0.3 is 0 Å². The van der Waals surface area contributed by atoms with Crippen LogP contribution in [-0.2, 0) is 0 Å². The lowest BCUT2D eigenvalue weighted by Gasteiger charge is -2.25. The average molecular weight is 337 g/mol. The number of likely N-dealkylation sites (tertiary alicyclic amines) is 1. The molecule has 1 saturated heterocycles. The van der Waals surface area contributed by atoms with Crippen LogP contribution >= 0.6 is 0 Å². The molecule has 0 aliphatic carbocycles. The third-order valence-corrected chi connectivity index (χ3v) is 4.65. The van der Waals surface area contributed by atoms with E-state index in [1.165, 1.54) is 7.11 Å². The summed E-state index contributed by atoms with van der Waals surface area (Å²) in [7, 11) is 1.50. The lowest BCUT2D eigenvalue weighted by molar-refractivity contribution is 0.0774. The number of pyridine rings is 1. The van der Waals surface area contributed by atoms with Gasteiger partial charge in [0.1, 0.15) is 5.56 Å². The van der Waals surface area contributed by atoms with Crippen molar-refractivity contribution in [1.82, 2.24) is 14.8 Å². The van der Waals surface area contributed by atoms with Crippen molar-refractivity contribution in [1.29, 1.82) is 0 Å². The first kappa shape index (κ1) is 18.6. The highest BCUT2D eigenvalue weighted by Crippen LogP contribution is 2.27. The van der Waals surface area contributed by atoms with Crippen molar-refractivity contribution in [2.45, 2.75) is 6.92 Å². The molecule has 2 rings (SSSR count). The minimum Gasteiger partial charge on any atom is -0.480 e. The van der Waals surface area contributed by atoms with Crippen LogP contribution in [0.15, 0.2) is 18.3 Å². The van der Waals surface area contributed by atoms with Crippen molar-refractivity contribution >= 4 is 5.91 Å². The molecule has 1 aromatic heterocycles. The minimum atomic E-state index is -0.119. The summed E-state index contributed by atoms with van der Waals surface area (Å²) in [5, 5.41) is 18.8. The summed E-state index contributed by atoms with van der Waals surface area (Å²) < 4.78 is 5.18. The van der Waals surface area contributed by atoms with Gasteiger partial charge in [-0.1, -0.05) is 6.92 Å². The van der Waals surface area contributed by atoms with E-state index >= 15 is 0 Å². The van der Waals surface area contributed by atoms with E-state index in [0.29, 0.717) is 31.1 Å². The number of amides is 1. The van der Waals surface area contributed by atoms with Crippen LogP contribution in [0.1, 0.15) is 17.3 Å². The number of methoxy groups -OCH3 is 1. The number of rotatable bonds is 8. The predicted molar refractivity (Wildman–Crippen MR) is 90.0 cm³/mol. The summed E-state index contributed by atoms with van der Waals surface area (Å²) in [6.07, 6.45) is 1.59. The third kappa shape index (κ3) is 4.23. The number of ether oxygens (including phenoxy) is 1. The Morgan fingerprint density at radius 3 is 2.79 bits per heavy atom. The van der Waals surface area contributed by atoms with Gasteiger partial charge in [-0.05, 0) is 24.6 Å². The molecular weight excluding hydrogens is 310 g/mol. The van der Waals surface area contributed by atoms with Gasteiger partial charge in [-0.2, -0.15) is 0 Å². The summed E-state index contributed by atoms with van der Waals surface area (Å²) in [5.41, 5.74) is 0.444. The molecule has 1 fully saturated rings. The number of aliphatic hydroxyl groups is 2. The third-order valence-electron chi connectivity index (χ3n) is 4.65. The number of hydrogen-bond donors (Lipinski definition) is 2. The zero-order valence-electron chi connectivity index (χ0n) is 14.4. The Hall–Kier alpha value is -1.70. The molecule has 0 saturated carbocycles. The Labute approximate surface area is 142 Å². The van der Waals surface area contributed by atoms with Gasteiger partial charge in [0.15, 0.2) is 0 Å². The monoisotopic (exact) mass is 337 g/mol. The van der Waals surface area contributed by atoms with Crippen LogP contribution in [-0.4, -0.2) is 84.0 Å². The fourth-order valence-corrected chi connectivity index (χ4v) is 3.26. The van der Waals surface area contributed by atoms with E-state index in [2.05, 4.69) is 9.88 Å². The summed E-state index contributed by atoms with van der Waals surface area (Å²) >= 11 is 0. The van der Waals surface area contributed by atoms with Crippen LogP contribution in [0.3, 0.4) is 0 Å². The largest absolute Gasteiger partial charge is 0.480 e. The van der Waals surface area contributed by atoms with Gasteiger partial charge in [0, 0.05) is 44.9 Å². The molecule has 7 heteroatoms. The lowest BCUT2D eigenvalue weighted by Crippen LogP contribution is -2.36. The quantitative estimate of drug-likeness (QED) is 0.699. The smallest absolute Gasteiger partial charge is 0.259 e. The Bertz CT molecular complexity index is 540. The molecule has 0 bridgehead atoms. The van der Waals surface area contributed by atoms with E-state index < -0.39 is 0 Å². The molecule has 1 aliphatic heterocycles. The normalized spacial score (nSPS) is 20.6. The first-order chi connectivity index (χ1) is 11.6. The van der Waals surface area contributed by atoms with Gasteiger partial charge in [-0.25, -0.2) is 4.98 Å². The zero-order chi connectivity index (χ0) is 17.5. The number of aromatic nitrogens is 1. The summed E-state index contributed by atoms with van der Waals surface area (Å²) in [4.78, 5) is 20.8.